The Labute approximate surface area is 112 Å². The lowest BCUT2D eigenvalue weighted by Crippen LogP contribution is -2.47. The highest BCUT2D eigenvalue weighted by molar-refractivity contribution is 5.91. The van der Waals surface area contributed by atoms with E-state index in [9.17, 15) is 9.90 Å². The monoisotopic (exact) mass is 262 g/mol. The number of hydrogen-bond donors (Lipinski definition) is 1. The van der Waals surface area contributed by atoms with Crippen LogP contribution in [0.3, 0.4) is 0 Å². The lowest BCUT2D eigenvalue weighted by atomic mass is 9.76. The number of carbonyl (C=O) groups is 1. The predicted octanol–water partition coefficient (Wildman–Crippen LogP) is 1.34. The first-order valence-corrected chi connectivity index (χ1v) is 6.86. The van der Waals surface area contributed by atoms with E-state index in [2.05, 4.69) is 13.2 Å². The van der Waals surface area contributed by atoms with E-state index in [0.717, 1.165) is 18.4 Å². The van der Waals surface area contributed by atoms with E-state index >= 15 is 0 Å². The molecule has 102 valence electrons. The van der Waals surface area contributed by atoms with Crippen molar-refractivity contribution in [3.8, 4) is 0 Å². The van der Waals surface area contributed by atoms with Gasteiger partial charge in [-0.1, -0.05) is 13.2 Å². The van der Waals surface area contributed by atoms with Gasteiger partial charge in [0.25, 0.3) is 0 Å². The molecule has 0 aromatic carbocycles. The smallest absolute Gasteiger partial charge is 0.334 e. The zero-order valence-corrected chi connectivity index (χ0v) is 11.0. The lowest BCUT2D eigenvalue weighted by molar-refractivity contribution is -0.175. The Morgan fingerprint density at radius 3 is 2.79 bits per heavy atom. The molecule has 0 aromatic heterocycles. The minimum atomic E-state index is -1.04. The van der Waals surface area contributed by atoms with Crippen LogP contribution in [0.1, 0.15) is 26.2 Å². The van der Waals surface area contributed by atoms with Gasteiger partial charge in [-0.3, -0.25) is 0 Å². The van der Waals surface area contributed by atoms with Crippen molar-refractivity contribution in [2.45, 2.75) is 49.6 Å². The first-order chi connectivity index (χ1) is 8.88. The Morgan fingerprint density at radius 2 is 2.11 bits per heavy atom. The molecule has 3 saturated heterocycles. The minimum absolute atomic E-state index is 0.0111. The fourth-order valence-electron chi connectivity index (χ4n) is 4.64. The second-order valence-corrected chi connectivity index (χ2v) is 6.57. The molecule has 0 spiro atoms. The fourth-order valence-corrected chi connectivity index (χ4v) is 4.64. The van der Waals surface area contributed by atoms with Gasteiger partial charge in [0.2, 0.25) is 0 Å². The summed E-state index contributed by atoms with van der Waals surface area (Å²) in [5.74, 6) is -0.547. The predicted molar refractivity (Wildman–Crippen MR) is 67.2 cm³/mol. The fraction of sp³-hybridized carbons (Fsp3) is 0.667. The molecule has 0 aromatic rings. The van der Waals surface area contributed by atoms with Crippen LogP contribution in [0, 0.1) is 11.8 Å². The summed E-state index contributed by atoms with van der Waals surface area (Å²) >= 11 is 0. The Morgan fingerprint density at radius 1 is 1.42 bits per heavy atom. The molecular formula is C15H18O4. The van der Waals surface area contributed by atoms with Gasteiger partial charge >= 0.3 is 5.97 Å². The van der Waals surface area contributed by atoms with Gasteiger partial charge in [0.15, 0.2) is 0 Å². The molecule has 0 radical (unpaired) electrons. The van der Waals surface area contributed by atoms with E-state index in [1.165, 1.54) is 0 Å². The zero-order chi connectivity index (χ0) is 13.6. The average Bonchev–Trinajstić information content (AvgIpc) is 2.76. The van der Waals surface area contributed by atoms with Gasteiger partial charge in [0.1, 0.15) is 11.7 Å². The van der Waals surface area contributed by atoms with E-state index in [1.54, 1.807) is 0 Å². The van der Waals surface area contributed by atoms with E-state index in [-0.39, 0.29) is 30.0 Å². The molecule has 19 heavy (non-hydrogen) atoms. The van der Waals surface area contributed by atoms with E-state index in [0.29, 0.717) is 12.0 Å². The van der Waals surface area contributed by atoms with Crippen LogP contribution in [-0.2, 0) is 14.3 Å². The Kier molecular flexibility index (Phi) is 1.92. The first-order valence-electron chi connectivity index (χ1n) is 6.86. The summed E-state index contributed by atoms with van der Waals surface area (Å²) < 4.78 is 11.4. The van der Waals surface area contributed by atoms with Gasteiger partial charge in [-0.2, -0.15) is 0 Å². The average molecular weight is 262 g/mol. The molecule has 3 heterocycles. The molecule has 5 rings (SSSR count). The minimum Gasteiger partial charge on any atom is -0.458 e. The van der Waals surface area contributed by atoms with Crippen LogP contribution in [0.5, 0.6) is 0 Å². The molecule has 6 atom stereocenters. The van der Waals surface area contributed by atoms with E-state index < -0.39 is 11.2 Å². The van der Waals surface area contributed by atoms with Crippen LogP contribution in [0.2, 0.25) is 0 Å². The molecule has 0 unspecified atom stereocenters. The quantitative estimate of drug-likeness (QED) is 0.407. The van der Waals surface area contributed by atoms with Gasteiger partial charge in [-0.25, -0.2) is 4.79 Å². The number of ether oxygens (including phenoxy) is 2. The molecule has 4 nitrogen and oxygen atoms in total. The first kappa shape index (κ1) is 11.7. The summed E-state index contributed by atoms with van der Waals surface area (Å²) in [4.78, 5) is 11.8. The van der Waals surface area contributed by atoms with Crippen molar-refractivity contribution in [2.75, 3.05) is 0 Å². The summed E-state index contributed by atoms with van der Waals surface area (Å²) in [5.41, 5.74) is -0.0868. The molecular weight excluding hydrogens is 244 g/mol. The maximum absolute atomic E-state index is 11.8. The third kappa shape index (κ3) is 1.11. The summed E-state index contributed by atoms with van der Waals surface area (Å²) in [6, 6.07) is 0. The van der Waals surface area contributed by atoms with Crippen molar-refractivity contribution in [1.29, 1.82) is 0 Å². The van der Waals surface area contributed by atoms with Crippen LogP contribution in [0.4, 0.5) is 0 Å². The van der Waals surface area contributed by atoms with Crippen LogP contribution >= 0.6 is 0 Å². The van der Waals surface area contributed by atoms with Crippen LogP contribution in [-0.4, -0.2) is 34.5 Å². The Hall–Kier alpha value is -1.13. The van der Waals surface area contributed by atoms with Crippen LogP contribution in [0.15, 0.2) is 24.3 Å². The molecule has 3 aliphatic heterocycles. The van der Waals surface area contributed by atoms with Gasteiger partial charge in [0.05, 0.1) is 17.6 Å². The SMILES string of the molecule is C=C1C(=O)O[C@H]2[C@@H]3[C@@](O)(C(=C)CC[C@@H]12)[C@H]1C[C@]3(C)O1. The van der Waals surface area contributed by atoms with Crippen molar-refractivity contribution in [1.82, 2.24) is 0 Å². The van der Waals surface area contributed by atoms with Crippen LogP contribution < -0.4 is 0 Å². The lowest BCUT2D eigenvalue weighted by Gasteiger charge is -2.39. The van der Waals surface area contributed by atoms with Crippen molar-refractivity contribution < 1.29 is 19.4 Å². The zero-order valence-electron chi connectivity index (χ0n) is 11.0. The second kappa shape index (κ2) is 3.13. The highest BCUT2D eigenvalue weighted by Crippen LogP contribution is 2.64. The number of fused-ring (bicyclic) bond motifs is 1. The largest absolute Gasteiger partial charge is 0.458 e. The van der Waals surface area contributed by atoms with Gasteiger partial charge in [-0.15, -0.1) is 0 Å². The highest BCUT2D eigenvalue weighted by Gasteiger charge is 2.75. The second-order valence-electron chi connectivity index (χ2n) is 6.57. The summed E-state index contributed by atoms with van der Waals surface area (Å²) in [7, 11) is 0. The standard InChI is InChI=1S/C15H18O4/c1-7-4-5-9-8(2)13(16)18-11(9)12-14(3)6-10(19-14)15(7,12)17/h9-12,17H,1-2,4-6H2,3H3/t9-,10+,11+,12-,14-,15+/m0/s1. The molecule has 1 N–H and O–H groups in total. The summed E-state index contributed by atoms with van der Waals surface area (Å²) in [6.07, 6.45) is 1.76. The Bertz CT molecular complexity index is 516. The number of esters is 1. The maximum atomic E-state index is 11.8. The summed E-state index contributed by atoms with van der Waals surface area (Å²) in [6.45, 7) is 9.92. The number of rotatable bonds is 0. The van der Waals surface area contributed by atoms with Crippen LogP contribution in [0.25, 0.3) is 0 Å². The summed E-state index contributed by atoms with van der Waals surface area (Å²) in [5, 5.41) is 11.1. The molecule has 4 heteroatoms. The molecule has 2 bridgehead atoms. The molecule has 5 fully saturated rings. The molecule has 0 amide bonds. The van der Waals surface area contributed by atoms with E-state index in [1.807, 2.05) is 6.92 Å². The number of carbonyl (C=O) groups excluding carboxylic acids is 1. The number of hydrogen-bond acceptors (Lipinski definition) is 4. The van der Waals surface area contributed by atoms with Gasteiger partial charge < -0.3 is 14.6 Å². The van der Waals surface area contributed by atoms with Crippen molar-refractivity contribution in [2.24, 2.45) is 11.8 Å². The normalized spacial score (nSPS) is 55.2. The molecule has 5 aliphatic rings. The van der Waals surface area contributed by atoms with E-state index in [4.69, 9.17) is 9.47 Å². The van der Waals surface area contributed by atoms with Gasteiger partial charge in [-0.05, 0) is 25.3 Å². The molecule has 2 saturated carbocycles. The van der Waals surface area contributed by atoms with Gasteiger partial charge in [0, 0.05) is 17.9 Å². The third-order valence-electron chi connectivity index (χ3n) is 5.63. The van der Waals surface area contributed by atoms with Crippen molar-refractivity contribution in [3.63, 3.8) is 0 Å². The maximum Gasteiger partial charge on any atom is 0.334 e. The molecule has 2 aliphatic carbocycles. The third-order valence-corrected chi connectivity index (χ3v) is 5.63. The highest BCUT2D eigenvalue weighted by atomic mass is 16.6. The topological polar surface area (TPSA) is 55.8 Å². The Balaban J connectivity index is 1.84. The van der Waals surface area contributed by atoms with Crippen molar-refractivity contribution in [3.05, 3.63) is 24.3 Å². The van der Waals surface area contributed by atoms with Crippen molar-refractivity contribution >= 4 is 5.97 Å². The number of aliphatic hydroxyl groups is 1.